The molecule has 0 atom stereocenters. The maximum atomic E-state index is 3.56. The second-order valence-corrected chi connectivity index (χ2v) is 27.4. The molecule has 105 heavy (non-hydrogen) atoms. The smallest absolute Gasteiger partial charge is 0.0542 e. The number of para-hydroxylation sites is 6. The first kappa shape index (κ1) is 63.8. The average Bonchev–Trinajstić information content (AvgIpc) is 1.74. The van der Waals surface area contributed by atoms with Crippen molar-refractivity contribution in [2.45, 2.75) is 0 Å². The second-order valence-electron chi connectivity index (χ2n) is 26.4. The van der Waals surface area contributed by atoms with Gasteiger partial charge in [-0.25, -0.2) is 0 Å². The number of nitrogens with zero attached hydrogens (tertiary/aromatic N) is 3. The summed E-state index contributed by atoms with van der Waals surface area (Å²) in [6.45, 7) is 0. The van der Waals surface area contributed by atoms with Gasteiger partial charge in [-0.2, -0.15) is 0 Å². The molecule has 0 bridgehead atoms. The van der Waals surface area contributed by atoms with E-state index in [0.717, 1.165) is 38.6 Å². The Morgan fingerprint density at radius 1 is 0.200 bits per heavy atom. The number of rotatable bonds is 11. The van der Waals surface area contributed by atoms with Crippen molar-refractivity contribution < 1.29 is 0 Å². The van der Waals surface area contributed by atoms with Crippen LogP contribution in [0.2, 0.25) is 0 Å². The Morgan fingerprint density at radius 2 is 0.486 bits per heavy atom. The first-order valence-electron chi connectivity index (χ1n) is 35.7. The van der Waals surface area contributed by atoms with E-state index in [0.29, 0.717) is 0 Å². The third-order valence-corrected chi connectivity index (χ3v) is 20.8. The lowest BCUT2D eigenvalue weighted by atomic mass is 9.86. The molecule has 0 amide bonds. The van der Waals surface area contributed by atoms with E-state index in [4.69, 9.17) is 0 Å². The van der Waals surface area contributed by atoms with Gasteiger partial charge in [0.1, 0.15) is 0 Å². The summed E-state index contributed by atoms with van der Waals surface area (Å²) >= 11 is 3.56. The van der Waals surface area contributed by atoms with E-state index >= 15 is 0 Å². The molecule has 496 valence electrons. The third kappa shape index (κ3) is 12.1. The zero-order chi connectivity index (χ0) is 70.0. The van der Waals surface area contributed by atoms with Gasteiger partial charge in [0.25, 0.3) is 0 Å². The normalized spacial score (nSPS) is 11.3. The Labute approximate surface area is 619 Å². The van der Waals surface area contributed by atoms with Crippen LogP contribution in [0.3, 0.4) is 0 Å². The Bertz CT molecular complexity index is 6400. The maximum absolute atomic E-state index is 3.56. The summed E-state index contributed by atoms with van der Waals surface area (Å²) in [5, 5.41) is 18.7. The minimum absolute atomic E-state index is 1.10. The minimum atomic E-state index is 1.10. The SMILES string of the molecule is Brc1ccc(-c2c3ccccc3c(-c3ccccc3)c3ccccc23)cc1.c1ccc(-c2c3ccccc3c(-c3ccc(N(c4ccccc4)c4ccc5c(c4)c4ccccc4n5-c4ccccc4)cc3)c3ccccc23)cc1.c1ccc(Nc2ccc3c(c2)c2ccccc2n3-c2ccccc2)cc1. The average molecular weight is 1410 g/mol. The molecule has 2 heterocycles. The van der Waals surface area contributed by atoms with Crippen molar-refractivity contribution >= 4 is 131 Å². The number of fused-ring (bicyclic) bond motifs is 10. The molecule has 0 spiro atoms. The predicted octanol–water partition coefficient (Wildman–Crippen LogP) is 28.5. The Hall–Kier alpha value is -13.3. The topological polar surface area (TPSA) is 25.1 Å². The third-order valence-electron chi connectivity index (χ3n) is 20.2. The summed E-state index contributed by atoms with van der Waals surface area (Å²) in [6.07, 6.45) is 0. The van der Waals surface area contributed by atoms with E-state index in [9.17, 15) is 0 Å². The van der Waals surface area contributed by atoms with Crippen LogP contribution in [0.1, 0.15) is 0 Å². The minimum Gasteiger partial charge on any atom is -0.356 e. The molecule has 4 nitrogen and oxygen atoms in total. The van der Waals surface area contributed by atoms with Crippen molar-refractivity contribution in [3.05, 3.63) is 417 Å². The highest BCUT2D eigenvalue weighted by atomic mass is 79.9. The molecular weight excluding hydrogens is 1340 g/mol. The largest absolute Gasteiger partial charge is 0.356 e. The molecule has 0 aliphatic carbocycles. The van der Waals surface area contributed by atoms with Crippen LogP contribution in [0.25, 0.3) is 143 Å². The zero-order valence-corrected chi connectivity index (χ0v) is 59.1. The van der Waals surface area contributed by atoms with Crippen LogP contribution in [0, 0.1) is 0 Å². The number of aromatic nitrogens is 2. The van der Waals surface area contributed by atoms with Gasteiger partial charge in [0.05, 0.1) is 22.1 Å². The van der Waals surface area contributed by atoms with Crippen LogP contribution in [-0.2, 0) is 0 Å². The standard InChI is InChI=1S/C50H34N2.C26H17Br.C24H18N2/c1-4-16-35(17-5-1)49-42-23-10-12-25-44(42)50(45-26-13-11-24-43(45)49)36-28-30-39(31-29-36)51(37-18-6-2-7-19-37)40-32-33-48-46(34-40)41-22-14-15-27-47(41)52(48)38-20-8-3-9-21-38;27-20-16-14-19(15-17-20)26-23-12-6-4-10-21(23)25(18-8-2-1-3-9-18)22-11-5-7-13-24(22)26;1-3-9-18(10-4-1)25-19-15-16-24-22(17-19)21-13-7-8-14-23(21)26(24)20-11-5-2-6-12-20/h1-34H;1-17H;1-17,25H. The van der Waals surface area contributed by atoms with Crippen molar-refractivity contribution in [2.24, 2.45) is 0 Å². The monoisotopic (exact) mass is 1400 g/mol. The van der Waals surface area contributed by atoms with Gasteiger partial charge >= 0.3 is 0 Å². The number of anilines is 5. The summed E-state index contributed by atoms with van der Waals surface area (Å²) in [6, 6.07) is 147. The molecular formula is C100H69BrN4. The lowest BCUT2D eigenvalue weighted by Gasteiger charge is -2.26. The van der Waals surface area contributed by atoms with E-state index in [-0.39, 0.29) is 0 Å². The number of hydrogen-bond donors (Lipinski definition) is 1. The molecule has 0 fully saturated rings. The van der Waals surface area contributed by atoms with Gasteiger partial charge in [0, 0.05) is 65.8 Å². The molecule has 0 aliphatic heterocycles. The number of halogens is 1. The highest BCUT2D eigenvalue weighted by Gasteiger charge is 2.22. The van der Waals surface area contributed by atoms with Crippen LogP contribution in [-0.4, -0.2) is 9.13 Å². The van der Waals surface area contributed by atoms with Crippen molar-refractivity contribution in [1.29, 1.82) is 0 Å². The van der Waals surface area contributed by atoms with Gasteiger partial charge in [-0.15, -0.1) is 0 Å². The Kier molecular flexibility index (Phi) is 17.2. The number of benzene rings is 18. The second kappa shape index (κ2) is 28.2. The first-order valence-corrected chi connectivity index (χ1v) is 36.5. The Balaban J connectivity index is 0.000000124. The van der Waals surface area contributed by atoms with Gasteiger partial charge in [-0.3, -0.25) is 0 Å². The van der Waals surface area contributed by atoms with E-state index < -0.39 is 0 Å². The van der Waals surface area contributed by atoms with Crippen LogP contribution in [0.15, 0.2) is 417 Å². The molecule has 0 unspecified atom stereocenters. The summed E-state index contributed by atoms with van der Waals surface area (Å²) in [7, 11) is 0. The summed E-state index contributed by atoms with van der Waals surface area (Å²) in [5.41, 5.74) is 22.8. The van der Waals surface area contributed by atoms with Crippen molar-refractivity contribution in [2.75, 3.05) is 10.2 Å². The van der Waals surface area contributed by atoms with Crippen LogP contribution >= 0.6 is 15.9 Å². The van der Waals surface area contributed by atoms with Crippen LogP contribution in [0.4, 0.5) is 28.4 Å². The molecule has 20 rings (SSSR count). The number of nitrogens with one attached hydrogen (secondary N) is 1. The highest BCUT2D eigenvalue weighted by Crippen LogP contribution is 2.48. The van der Waals surface area contributed by atoms with Crippen molar-refractivity contribution in [1.82, 2.24) is 9.13 Å². The lowest BCUT2D eigenvalue weighted by molar-refractivity contribution is 1.18. The number of hydrogen-bond acceptors (Lipinski definition) is 2. The summed E-state index contributed by atoms with van der Waals surface area (Å²) in [5.74, 6) is 0. The van der Waals surface area contributed by atoms with E-state index in [2.05, 4.69) is 430 Å². The van der Waals surface area contributed by atoms with E-state index in [1.54, 1.807) is 0 Å². The van der Waals surface area contributed by atoms with E-state index in [1.165, 1.54) is 137 Å². The van der Waals surface area contributed by atoms with Gasteiger partial charge < -0.3 is 19.4 Å². The fraction of sp³-hybridized carbons (Fsp3) is 0. The quantitative estimate of drug-likeness (QED) is 0.131. The molecule has 0 saturated carbocycles. The van der Waals surface area contributed by atoms with Crippen molar-refractivity contribution in [3.63, 3.8) is 0 Å². The highest BCUT2D eigenvalue weighted by molar-refractivity contribution is 9.10. The van der Waals surface area contributed by atoms with Gasteiger partial charge in [0.2, 0.25) is 0 Å². The zero-order valence-electron chi connectivity index (χ0n) is 57.5. The van der Waals surface area contributed by atoms with Gasteiger partial charge in [0.15, 0.2) is 0 Å². The fourth-order valence-electron chi connectivity index (χ4n) is 15.7. The van der Waals surface area contributed by atoms with Crippen molar-refractivity contribution in [3.8, 4) is 55.9 Å². The lowest BCUT2D eigenvalue weighted by Crippen LogP contribution is -2.09. The molecule has 20 aromatic rings. The maximum Gasteiger partial charge on any atom is 0.0542 e. The molecule has 0 saturated heterocycles. The van der Waals surface area contributed by atoms with E-state index in [1.807, 2.05) is 18.2 Å². The summed E-state index contributed by atoms with van der Waals surface area (Å²) in [4.78, 5) is 2.37. The molecule has 2 aromatic heterocycles. The summed E-state index contributed by atoms with van der Waals surface area (Å²) < 4.78 is 5.80. The first-order chi connectivity index (χ1) is 52.1. The predicted molar refractivity (Wildman–Crippen MR) is 452 cm³/mol. The molecule has 5 heteroatoms. The molecule has 1 N–H and O–H groups in total. The molecule has 0 radical (unpaired) electrons. The molecule has 0 aliphatic rings. The van der Waals surface area contributed by atoms with Crippen LogP contribution < -0.4 is 10.2 Å². The van der Waals surface area contributed by atoms with Crippen LogP contribution in [0.5, 0.6) is 0 Å². The van der Waals surface area contributed by atoms with Gasteiger partial charge in [-0.1, -0.05) is 307 Å². The Morgan fingerprint density at radius 3 is 0.895 bits per heavy atom. The van der Waals surface area contributed by atoms with Gasteiger partial charge in [-0.05, 0) is 209 Å². The molecule has 18 aromatic carbocycles. The fourth-order valence-corrected chi connectivity index (χ4v) is 15.9.